The van der Waals surface area contributed by atoms with Crippen LogP contribution < -0.4 is 10.2 Å². The molecule has 0 bridgehead atoms. The zero-order valence-electron chi connectivity index (χ0n) is 18.9. The third kappa shape index (κ3) is 4.26. The van der Waals surface area contributed by atoms with E-state index in [1.54, 1.807) is 16.8 Å². The molecule has 0 saturated carbocycles. The molecule has 168 valence electrons. The van der Waals surface area contributed by atoms with Crippen molar-refractivity contribution in [1.82, 2.24) is 19.6 Å². The Balaban J connectivity index is 1.51. The zero-order valence-corrected chi connectivity index (χ0v) is 18.9. The number of nitrogens with one attached hydrogen (secondary N) is 1. The summed E-state index contributed by atoms with van der Waals surface area (Å²) in [6.45, 7) is 5.29. The normalized spacial score (nSPS) is 16.5. The SMILES string of the molecule is CC/C=C(/O)c1cccc(-c2cc(Nc3cccc(N4CCCC4C)n3)c3nccn3n2)c1. The minimum absolute atomic E-state index is 0.276. The highest BCUT2D eigenvalue weighted by atomic mass is 16.3. The predicted octanol–water partition coefficient (Wildman–Crippen LogP) is 5.83. The molecule has 33 heavy (non-hydrogen) atoms. The molecule has 1 aromatic carbocycles. The number of hydrogen-bond donors (Lipinski definition) is 2. The van der Waals surface area contributed by atoms with Crippen molar-refractivity contribution in [3.8, 4) is 11.3 Å². The van der Waals surface area contributed by atoms with Gasteiger partial charge in [-0.2, -0.15) is 5.10 Å². The van der Waals surface area contributed by atoms with Gasteiger partial charge in [-0.3, -0.25) is 0 Å². The number of fused-ring (bicyclic) bond motifs is 1. The van der Waals surface area contributed by atoms with E-state index < -0.39 is 0 Å². The van der Waals surface area contributed by atoms with E-state index in [0.717, 1.165) is 52.8 Å². The summed E-state index contributed by atoms with van der Waals surface area (Å²) >= 11 is 0. The van der Waals surface area contributed by atoms with Crippen molar-refractivity contribution in [3.63, 3.8) is 0 Å². The van der Waals surface area contributed by atoms with Crippen LogP contribution in [0.4, 0.5) is 17.3 Å². The van der Waals surface area contributed by atoms with E-state index in [2.05, 4.69) is 28.2 Å². The summed E-state index contributed by atoms with van der Waals surface area (Å²) in [5.41, 5.74) is 4.01. The molecule has 1 saturated heterocycles. The second-order valence-corrected chi connectivity index (χ2v) is 8.41. The number of anilines is 3. The third-order valence-corrected chi connectivity index (χ3v) is 6.06. The molecule has 4 heterocycles. The van der Waals surface area contributed by atoms with Crippen molar-refractivity contribution in [2.75, 3.05) is 16.8 Å². The van der Waals surface area contributed by atoms with E-state index in [1.807, 2.05) is 55.6 Å². The van der Waals surface area contributed by atoms with Crippen LogP contribution >= 0.6 is 0 Å². The van der Waals surface area contributed by atoms with Gasteiger partial charge in [-0.05, 0) is 56.5 Å². The molecular formula is C26H28N6O. The molecule has 7 nitrogen and oxygen atoms in total. The number of aliphatic hydroxyl groups excluding tert-OH is 1. The minimum Gasteiger partial charge on any atom is -0.508 e. The Morgan fingerprint density at radius 2 is 2.09 bits per heavy atom. The number of nitrogens with zero attached hydrogens (tertiary/aromatic N) is 5. The van der Waals surface area contributed by atoms with Gasteiger partial charge in [0.1, 0.15) is 17.4 Å². The molecule has 5 rings (SSSR count). The number of aliphatic hydroxyl groups is 1. The molecule has 1 unspecified atom stereocenters. The molecule has 0 aliphatic carbocycles. The fourth-order valence-electron chi connectivity index (χ4n) is 4.36. The molecular weight excluding hydrogens is 412 g/mol. The molecule has 1 aliphatic heterocycles. The van der Waals surface area contributed by atoms with Gasteiger partial charge >= 0.3 is 0 Å². The Hall–Kier alpha value is -3.87. The maximum atomic E-state index is 10.3. The first-order chi connectivity index (χ1) is 16.1. The van der Waals surface area contributed by atoms with Gasteiger partial charge < -0.3 is 15.3 Å². The van der Waals surface area contributed by atoms with Crippen LogP contribution in [0.15, 0.2) is 67.0 Å². The molecule has 1 atom stereocenters. The molecule has 7 heteroatoms. The van der Waals surface area contributed by atoms with Gasteiger partial charge in [0, 0.05) is 36.1 Å². The fourth-order valence-corrected chi connectivity index (χ4v) is 4.36. The summed E-state index contributed by atoms with van der Waals surface area (Å²) in [5.74, 6) is 2.04. The van der Waals surface area contributed by atoms with Gasteiger partial charge in [0.05, 0.1) is 11.4 Å². The first-order valence-corrected chi connectivity index (χ1v) is 11.5. The quantitative estimate of drug-likeness (QED) is 0.367. The van der Waals surface area contributed by atoms with Crippen LogP contribution in [0.1, 0.15) is 38.7 Å². The van der Waals surface area contributed by atoms with Gasteiger partial charge in [-0.15, -0.1) is 0 Å². The van der Waals surface area contributed by atoms with Crippen LogP contribution in [0.5, 0.6) is 0 Å². The van der Waals surface area contributed by atoms with E-state index in [4.69, 9.17) is 10.1 Å². The highest BCUT2D eigenvalue weighted by molar-refractivity contribution is 5.78. The number of aromatic nitrogens is 4. The van der Waals surface area contributed by atoms with E-state index >= 15 is 0 Å². The molecule has 4 aromatic rings. The lowest BCUT2D eigenvalue weighted by Gasteiger charge is -2.23. The summed E-state index contributed by atoms with van der Waals surface area (Å²) in [5, 5.41) is 18.5. The lowest BCUT2D eigenvalue weighted by Crippen LogP contribution is -2.27. The standard InChI is InChI=1S/C26H28N6O/c1-3-7-23(33)20-10-4-9-19(16-20)21-17-22(26-27-13-15-32(26)30-21)28-24-11-5-12-25(29-24)31-14-6-8-18(31)2/h4-5,7,9-13,15-18,33H,3,6,8,14H2,1-2H3,(H,28,29)/b23-7+. The summed E-state index contributed by atoms with van der Waals surface area (Å²) in [6, 6.07) is 16.3. The smallest absolute Gasteiger partial charge is 0.177 e. The summed E-state index contributed by atoms with van der Waals surface area (Å²) in [7, 11) is 0. The number of benzene rings is 1. The van der Waals surface area contributed by atoms with Crippen molar-refractivity contribution >= 4 is 28.7 Å². The van der Waals surface area contributed by atoms with Crippen LogP contribution in [0.25, 0.3) is 22.7 Å². The third-order valence-electron chi connectivity index (χ3n) is 6.06. The lowest BCUT2D eigenvalue weighted by atomic mass is 10.1. The van der Waals surface area contributed by atoms with Crippen LogP contribution in [0.2, 0.25) is 0 Å². The molecule has 1 fully saturated rings. The van der Waals surface area contributed by atoms with Crippen LogP contribution in [-0.2, 0) is 0 Å². The monoisotopic (exact) mass is 440 g/mol. The maximum Gasteiger partial charge on any atom is 0.177 e. The molecule has 3 aromatic heterocycles. The second kappa shape index (κ2) is 8.94. The van der Waals surface area contributed by atoms with Crippen molar-refractivity contribution in [2.24, 2.45) is 0 Å². The highest BCUT2D eigenvalue weighted by Gasteiger charge is 2.21. The van der Waals surface area contributed by atoms with Gasteiger partial charge in [0.25, 0.3) is 0 Å². The Labute approximate surface area is 193 Å². The van der Waals surface area contributed by atoms with Crippen molar-refractivity contribution < 1.29 is 5.11 Å². The number of allylic oxidation sites excluding steroid dienone is 1. The first kappa shape index (κ1) is 21.0. The van der Waals surface area contributed by atoms with Gasteiger partial charge in [-0.1, -0.05) is 31.2 Å². The van der Waals surface area contributed by atoms with Gasteiger partial charge in [0.2, 0.25) is 0 Å². The second-order valence-electron chi connectivity index (χ2n) is 8.41. The highest BCUT2D eigenvalue weighted by Crippen LogP contribution is 2.29. The van der Waals surface area contributed by atoms with Crippen LogP contribution in [0.3, 0.4) is 0 Å². The number of hydrogen-bond acceptors (Lipinski definition) is 6. The number of rotatable bonds is 6. The Morgan fingerprint density at radius 3 is 2.91 bits per heavy atom. The topological polar surface area (TPSA) is 78.6 Å². The molecule has 0 spiro atoms. The van der Waals surface area contributed by atoms with Crippen LogP contribution in [0, 0.1) is 0 Å². The van der Waals surface area contributed by atoms with E-state index in [9.17, 15) is 5.11 Å². The minimum atomic E-state index is 0.276. The predicted molar refractivity (Wildman–Crippen MR) is 133 cm³/mol. The summed E-state index contributed by atoms with van der Waals surface area (Å²) < 4.78 is 1.76. The largest absolute Gasteiger partial charge is 0.508 e. The van der Waals surface area contributed by atoms with E-state index in [1.165, 1.54) is 12.8 Å². The Morgan fingerprint density at radius 1 is 1.21 bits per heavy atom. The average Bonchev–Trinajstić information content (AvgIpc) is 3.48. The average molecular weight is 441 g/mol. The molecule has 0 radical (unpaired) electrons. The number of imidazole rings is 1. The van der Waals surface area contributed by atoms with E-state index in [0.29, 0.717) is 6.04 Å². The number of pyridine rings is 1. The van der Waals surface area contributed by atoms with Gasteiger partial charge in [-0.25, -0.2) is 14.5 Å². The van der Waals surface area contributed by atoms with Crippen molar-refractivity contribution in [2.45, 2.75) is 39.2 Å². The molecule has 0 amide bonds. The molecule has 1 aliphatic rings. The first-order valence-electron chi connectivity index (χ1n) is 11.5. The van der Waals surface area contributed by atoms with Crippen LogP contribution in [-0.4, -0.2) is 37.3 Å². The maximum absolute atomic E-state index is 10.3. The lowest BCUT2D eigenvalue weighted by molar-refractivity contribution is 0.509. The summed E-state index contributed by atoms with van der Waals surface area (Å²) in [4.78, 5) is 11.7. The Bertz CT molecular complexity index is 1310. The van der Waals surface area contributed by atoms with Crippen molar-refractivity contribution in [1.29, 1.82) is 0 Å². The Kier molecular flexibility index (Phi) is 5.69. The van der Waals surface area contributed by atoms with Gasteiger partial charge in [0.15, 0.2) is 5.65 Å². The molecule has 2 N–H and O–H groups in total. The van der Waals surface area contributed by atoms with Crippen molar-refractivity contribution in [3.05, 3.63) is 72.6 Å². The zero-order chi connectivity index (χ0) is 22.8. The fraction of sp³-hybridized carbons (Fsp3) is 0.269. The van der Waals surface area contributed by atoms with E-state index in [-0.39, 0.29) is 5.76 Å². The summed E-state index contributed by atoms with van der Waals surface area (Å²) in [6.07, 6.45) is 8.54.